The third kappa shape index (κ3) is 4.19. The van der Waals surface area contributed by atoms with Crippen molar-refractivity contribution in [2.45, 2.75) is 31.6 Å². The van der Waals surface area contributed by atoms with E-state index >= 15 is 0 Å². The molecule has 0 spiro atoms. The van der Waals surface area contributed by atoms with Crippen molar-refractivity contribution < 1.29 is 17.9 Å². The fraction of sp³-hybridized carbons (Fsp3) is 0.429. The van der Waals surface area contributed by atoms with Gasteiger partial charge in [-0.1, -0.05) is 6.07 Å². The number of rotatable bonds is 6. The minimum absolute atomic E-state index is 0.0407. The van der Waals surface area contributed by atoms with Gasteiger partial charge < -0.3 is 9.30 Å². The van der Waals surface area contributed by atoms with Crippen LogP contribution in [0.2, 0.25) is 0 Å². The van der Waals surface area contributed by atoms with Crippen molar-refractivity contribution >= 4 is 22.1 Å². The number of nitrogens with one attached hydrogen (secondary N) is 1. The zero-order chi connectivity index (χ0) is 21.3. The van der Waals surface area contributed by atoms with Crippen molar-refractivity contribution in [1.82, 2.24) is 14.3 Å². The molecule has 0 unspecified atom stereocenters. The average molecular weight is 431 g/mol. The number of amides is 1. The first-order valence-electron chi connectivity index (χ1n) is 10.1. The van der Waals surface area contributed by atoms with E-state index in [4.69, 9.17) is 4.74 Å². The highest BCUT2D eigenvalue weighted by molar-refractivity contribution is 7.89. The van der Waals surface area contributed by atoms with Crippen molar-refractivity contribution in [1.29, 1.82) is 0 Å². The molecule has 8 nitrogen and oxygen atoms in total. The first-order valence-corrected chi connectivity index (χ1v) is 11.5. The van der Waals surface area contributed by atoms with Gasteiger partial charge in [0.2, 0.25) is 15.9 Å². The Kier molecular flexibility index (Phi) is 5.77. The lowest BCUT2D eigenvalue weighted by Gasteiger charge is -2.26. The molecule has 0 radical (unpaired) electrons. The molecule has 4 rings (SSSR count). The van der Waals surface area contributed by atoms with Crippen molar-refractivity contribution in [3.8, 4) is 5.69 Å². The minimum atomic E-state index is -3.57. The van der Waals surface area contributed by atoms with Gasteiger partial charge in [-0.15, -0.1) is 0 Å². The van der Waals surface area contributed by atoms with E-state index in [1.54, 1.807) is 24.4 Å². The number of aryl methyl sites for hydroxylation is 1. The number of hydrogen-bond donors (Lipinski definition) is 1. The molecule has 160 valence electrons. The summed E-state index contributed by atoms with van der Waals surface area (Å²) < 4.78 is 34.7. The van der Waals surface area contributed by atoms with Crippen molar-refractivity contribution in [2.75, 3.05) is 26.3 Å². The molecule has 1 amide bonds. The highest BCUT2D eigenvalue weighted by Gasteiger charge is 2.29. The Hall–Kier alpha value is -2.49. The molecule has 1 aromatic heterocycles. The molecule has 2 aromatic rings. The van der Waals surface area contributed by atoms with Gasteiger partial charge in [-0.05, 0) is 51.0 Å². The van der Waals surface area contributed by atoms with Crippen LogP contribution in [-0.4, -0.2) is 55.7 Å². The maximum atomic E-state index is 13.0. The summed E-state index contributed by atoms with van der Waals surface area (Å²) in [7, 11) is -3.57. The predicted octanol–water partition coefficient (Wildman–Crippen LogP) is 1.98. The van der Waals surface area contributed by atoms with E-state index in [2.05, 4.69) is 10.5 Å². The summed E-state index contributed by atoms with van der Waals surface area (Å²) in [5.74, 6) is 0.0619. The molecular weight excluding hydrogens is 404 g/mol. The van der Waals surface area contributed by atoms with Gasteiger partial charge in [0.25, 0.3) is 0 Å². The average Bonchev–Trinajstić information content (AvgIpc) is 3.55. The number of benzene rings is 1. The van der Waals surface area contributed by atoms with Gasteiger partial charge in [-0.2, -0.15) is 9.41 Å². The minimum Gasteiger partial charge on any atom is -0.379 e. The van der Waals surface area contributed by atoms with Gasteiger partial charge in [0.05, 0.1) is 24.3 Å². The Morgan fingerprint density at radius 2 is 1.93 bits per heavy atom. The quantitative estimate of drug-likeness (QED) is 0.560. The van der Waals surface area contributed by atoms with Gasteiger partial charge in [0, 0.05) is 41.6 Å². The van der Waals surface area contributed by atoms with E-state index in [0.717, 1.165) is 35.5 Å². The lowest BCUT2D eigenvalue weighted by molar-refractivity contribution is -0.122. The summed E-state index contributed by atoms with van der Waals surface area (Å²) in [5, 5.41) is 4.08. The lowest BCUT2D eigenvalue weighted by Crippen LogP contribution is -2.40. The van der Waals surface area contributed by atoms with Crippen LogP contribution in [0.3, 0.4) is 0 Å². The zero-order valence-electron chi connectivity index (χ0n) is 17.2. The summed E-state index contributed by atoms with van der Waals surface area (Å²) in [6.07, 6.45) is 3.49. The van der Waals surface area contributed by atoms with E-state index in [0.29, 0.717) is 26.3 Å². The van der Waals surface area contributed by atoms with Gasteiger partial charge in [-0.25, -0.2) is 13.8 Å². The molecule has 1 aromatic carbocycles. The third-order valence-corrected chi connectivity index (χ3v) is 7.38. The summed E-state index contributed by atoms with van der Waals surface area (Å²) in [6, 6.07) is 8.92. The molecule has 2 aliphatic rings. The van der Waals surface area contributed by atoms with Crippen molar-refractivity contribution in [3.63, 3.8) is 0 Å². The van der Waals surface area contributed by atoms with Crippen molar-refractivity contribution in [2.24, 2.45) is 11.0 Å². The number of hydrogen-bond acceptors (Lipinski definition) is 5. The second kappa shape index (κ2) is 8.33. The van der Waals surface area contributed by atoms with E-state index in [-0.39, 0.29) is 16.7 Å². The highest BCUT2D eigenvalue weighted by atomic mass is 32.2. The maximum absolute atomic E-state index is 13.0. The SMILES string of the molecule is Cc1cc(/C=N/NC(=O)C2CC2)c(C)n1-c1cccc(S(=O)(=O)N2CCOCC2)c1. The third-order valence-electron chi connectivity index (χ3n) is 5.48. The highest BCUT2D eigenvalue weighted by Crippen LogP contribution is 2.28. The number of nitrogens with zero attached hydrogens (tertiary/aromatic N) is 3. The van der Waals surface area contributed by atoms with Crippen LogP contribution in [0, 0.1) is 19.8 Å². The first kappa shape index (κ1) is 20.8. The molecule has 0 bridgehead atoms. The Balaban J connectivity index is 1.59. The number of ether oxygens (including phenoxy) is 1. The van der Waals surface area contributed by atoms with Crippen LogP contribution in [0.5, 0.6) is 0 Å². The molecular formula is C21H26N4O4S. The Labute approximate surface area is 176 Å². The predicted molar refractivity (Wildman–Crippen MR) is 113 cm³/mol. The maximum Gasteiger partial charge on any atom is 0.243 e. The molecule has 1 aliphatic carbocycles. The van der Waals surface area contributed by atoms with Gasteiger partial charge >= 0.3 is 0 Å². The number of carbonyl (C=O) groups excluding carboxylic acids is 1. The fourth-order valence-corrected chi connectivity index (χ4v) is 5.09. The van der Waals surface area contributed by atoms with E-state index in [1.165, 1.54) is 4.31 Å². The molecule has 0 atom stereocenters. The number of sulfonamides is 1. The molecule has 9 heteroatoms. The van der Waals surface area contributed by atoms with Crippen LogP contribution in [0.4, 0.5) is 0 Å². The standard InChI is InChI=1S/C21H26N4O4S/c1-15-12-18(14-22-23-21(26)17-6-7-17)16(2)25(15)19-4-3-5-20(13-19)30(27,28)24-8-10-29-11-9-24/h3-5,12-14,17H,6-11H2,1-2H3,(H,23,26)/b22-14+. The zero-order valence-corrected chi connectivity index (χ0v) is 18.0. The molecule has 1 N–H and O–H groups in total. The van der Waals surface area contributed by atoms with Crippen LogP contribution in [0.15, 0.2) is 40.3 Å². The summed E-state index contributed by atoms with van der Waals surface area (Å²) in [6.45, 7) is 5.45. The van der Waals surface area contributed by atoms with Gasteiger partial charge in [0.15, 0.2) is 0 Å². The molecule has 30 heavy (non-hydrogen) atoms. The summed E-state index contributed by atoms with van der Waals surface area (Å²) in [5.41, 5.74) is 6.07. The second-order valence-corrected chi connectivity index (χ2v) is 9.62. The second-order valence-electron chi connectivity index (χ2n) is 7.68. The molecule has 1 aliphatic heterocycles. The van der Waals surface area contributed by atoms with Gasteiger partial charge in [-0.3, -0.25) is 4.79 Å². The van der Waals surface area contributed by atoms with Crippen LogP contribution in [-0.2, 0) is 19.6 Å². The lowest BCUT2D eigenvalue weighted by atomic mass is 10.2. The van der Waals surface area contributed by atoms with Gasteiger partial charge in [0.1, 0.15) is 0 Å². The summed E-state index contributed by atoms with van der Waals surface area (Å²) in [4.78, 5) is 12.0. The number of aromatic nitrogens is 1. The Morgan fingerprint density at radius 1 is 1.20 bits per heavy atom. The molecule has 1 saturated carbocycles. The first-order chi connectivity index (χ1) is 14.4. The smallest absolute Gasteiger partial charge is 0.243 e. The number of morpholine rings is 1. The van der Waals surface area contributed by atoms with E-state index < -0.39 is 10.0 Å². The molecule has 2 heterocycles. The monoisotopic (exact) mass is 430 g/mol. The topological polar surface area (TPSA) is 93.0 Å². The Morgan fingerprint density at radius 3 is 2.63 bits per heavy atom. The van der Waals surface area contributed by atoms with Crippen LogP contribution < -0.4 is 5.43 Å². The van der Waals surface area contributed by atoms with Crippen LogP contribution in [0.1, 0.15) is 29.8 Å². The van der Waals surface area contributed by atoms with Crippen molar-refractivity contribution in [3.05, 3.63) is 47.3 Å². The van der Waals surface area contributed by atoms with Crippen LogP contribution >= 0.6 is 0 Å². The van der Waals surface area contributed by atoms with Crippen LogP contribution in [0.25, 0.3) is 5.69 Å². The van der Waals surface area contributed by atoms with E-state index in [1.807, 2.05) is 30.5 Å². The molecule has 1 saturated heterocycles. The number of carbonyl (C=O) groups is 1. The van der Waals surface area contributed by atoms with E-state index in [9.17, 15) is 13.2 Å². The number of hydrazone groups is 1. The Bertz CT molecular complexity index is 1080. The largest absolute Gasteiger partial charge is 0.379 e. The molecule has 2 fully saturated rings. The fourth-order valence-electron chi connectivity index (χ4n) is 3.64. The summed E-state index contributed by atoms with van der Waals surface area (Å²) >= 11 is 0. The normalized spacial score (nSPS) is 18.1.